The van der Waals surface area contributed by atoms with Crippen LogP contribution in [-0.2, 0) is 30.9 Å². The van der Waals surface area contributed by atoms with E-state index in [0.29, 0.717) is 5.02 Å². The summed E-state index contributed by atoms with van der Waals surface area (Å²) in [5.41, 5.74) is 0.739. The van der Waals surface area contributed by atoms with E-state index in [-0.39, 0.29) is 34.5 Å². The van der Waals surface area contributed by atoms with Crippen LogP contribution in [0.4, 0.5) is 6.01 Å². The van der Waals surface area contributed by atoms with Crippen molar-refractivity contribution >= 4 is 43.2 Å². The quantitative estimate of drug-likeness (QED) is 0.516. The van der Waals surface area contributed by atoms with Crippen LogP contribution in [0, 0.1) is 0 Å². The Morgan fingerprint density at radius 1 is 0.968 bits per heavy atom. The fraction of sp³-hybridized carbons (Fsp3) is 0.211. The summed E-state index contributed by atoms with van der Waals surface area (Å²) in [6, 6.07) is 11.7. The Morgan fingerprint density at radius 3 is 2.19 bits per heavy atom. The first kappa shape index (κ1) is 22.9. The zero-order valence-electron chi connectivity index (χ0n) is 16.3. The minimum atomic E-state index is -3.64. The molecule has 0 fully saturated rings. The van der Waals surface area contributed by atoms with Gasteiger partial charge in [0.25, 0.3) is 0 Å². The molecule has 0 aliphatic heterocycles. The average molecular weight is 484 g/mol. The Hall–Kier alpha value is -2.76. The standard InChI is InChI=1S/C19H18ClN3O6S2/c1-30(25,26)15-6-2-13(3-7-15)12-18-22-23-19(29-18)21-17(24)10-11-31(27,28)16-8-4-14(20)5-9-16/h2-9H,10-12H2,1H3,(H,21,23,24). The summed E-state index contributed by atoms with van der Waals surface area (Å²) >= 11 is 5.75. The molecule has 3 aromatic rings. The van der Waals surface area contributed by atoms with Crippen LogP contribution in [0.25, 0.3) is 0 Å². The minimum Gasteiger partial charge on any atom is -0.407 e. The van der Waals surface area contributed by atoms with Crippen molar-refractivity contribution in [3.63, 3.8) is 0 Å². The smallest absolute Gasteiger partial charge is 0.322 e. The number of carbonyl (C=O) groups is 1. The number of hydrogen-bond acceptors (Lipinski definition) is 8. The molecule has 1 amide bonds. The van der Waals surface area contributed by atoms with Gasteiger partial charge in [0.2, 0.25) is 11.8 Å². The van der Waals surface area contributed by atoms with Crippen LogP contribution in [0.3, 0.4) is 0 Å². The van der Waals surface area contributed by atoms with Crippen LogP contribution in [0.1, 0.15) is 17.9 Å². The Balaban J connectivity index is 1.55. The molecule has 0 unspecified atom stereocenters. The van der Waals surface area contributed by atoms with Crippen LogP contribution < -0.4 is 5.32 Å². The summed E-state index contributed by atoms with van der Waals surface area (Å²) in [5.74, 6) is -0.782. The molecule has 1 N–H and O–H groups in total. The zero-order chi connectivity index (χ0) is 22.6. The first-order chi connectivity index (χ1) is 14.5. The molecule has 3 rings (SSSR count). The fourth-order valence-corrected chi connectivity index (χ4v) is 4.57. The third kappa shape index (κ3) is 6.36. The average Bonchev–Trinajstić information content (AvgIpc) is 3.13. The van der Waals surface area contributed by atoms with E-state index in [9.17, 15) is 21.6 Å². The van der Waals surface area contributed by atoms with Gasteiger partial charge in [0, 0.05) is 17.7 Å². The van der Waals surface area contributed by atoms with Gasteiger partial charge in [0.15, 0.2) is 19.7 Å². The highest BCUT2D eigenvalue weighted by Gasteiger charge is 2.18. The molecule has 164 valence electrons. The first-order valence-corrected chi connectivity index (χ1v) is 12.8. The van der Waals surface area contributed by atoms with Crippen LogP contribution in [0.2, 0.25) is 5.02 Å². The second-order valence-electron chi connectivity index (χ2n) is 6.66. The second kappa shape index (κ2) is 9.16. The summed E-state index contributed by atoms with van der Waals surface area (Å²) < 4.78 is 52.9. The maximum atomic E-state index is 12.3. The predicted molar refractivity (Wildman–Crippen MR) is 113 cm³/mol. The Morgan fingerprint density at radius 2 is 1.58 bits per heavy atom. The molecule has 0 radical (unpaired) electrons. The highest BCUT2D eigenvalue weighted by molar-refractivity contribution is 7.91. The molecule has 0 bridgehead atoms. The number of sulfone groups is 2. The molecule has 0 aliphatic carbocycles. The molecule has 0 aliphatic rings. The molecule has 9 nitrogen and oxygen atoms in total. The van der Waals surface area contributed by atoms with Gasteiger partial charge in [0.05, 0.1) is 22.0 Å². The molecule has 12 heteroatoms. The normalized spacial score (nSPS) is 11.9. The number of benzene rings is 2. The van der Waals surface area contributed by atoms with Gasteiger partial charge in [-0.05, 0) is 42.0 Å². The van der Waals surface area contributed by atoms with E-state index in [4.69, 9.17) is 16.0 Å². The summed E-state index contributed by atoms with van der Waals surface area (Å²) in [7, 11) is -6.93. The summed E-state index contributed by atoms with van der Waals surface area (Å²) in [6.07, 6.45) is 1.06. The Bertz CT molecular complexity index is 1290. The van der Waals surface area contributed by atoms with Crippen LogP contribution >= 0.6 is 11.6 Å². The lowest BCUT2D eigenvalue weighted by Gasteiger charge is -2.04. The van der Waals surface area contributed by atoms with Crippen molar-refractivity contribution in [1.82, 2.24) is 10.2 Å². The topological polar surface area (TPSA) is 136 Å². The van der Waals surface area contributed by atoms with Gasteiger partial charge >= 0.3 is 6.01 Å². The third-order valence-corrected chi connectivity index (χ3v) is 7.30. The van der Waals surface area contributed by atoms with Crippen LogP contribution in [0.15, 0.2) is 62.7 Å². The minimum absolute atomic E-state index is 0.0756. The molecule has 1 aromatic heterocycles. The number of hydrogen-bond donors (Lipinski definition) is 1. The van der Waals surface area contributed by atoms with E-state index in [1.54, 1.807) is 12.1 Å². The number of nitrogens with one attached hydrogen (secondary N) is 1. The number of amides is 1. The number of nitrogens with zero attached hydrogens (tertiary/aromatic N) is 2. The van der Waals surface area contributed by atoms with E-state index in [2.05, 4.69) is 15.5 Å². The third-order valence-electron chi connectivity index (χ3n) is 4.19. The van der Waals surface area contributed by atoms with E-state index >= 15 is 0 Å². The van der Waals surface area contributed by atoms with Crippen LogP contribution in [-0.4, -0.2) is 44.9 Å². The molecule has 0 spiro atoms. The molecule has 0 saturated carbocycles. The highest BCUT2D eigenvalue weighted by Crippen LogP contribution is 2.17. The molecule has 1 heterocycles. The van der Waals surface area contributed by atoms with Gasteiger partial charge < -0.3 is 4.42 Å². The highest BCUT2D eigenvalue weighted by atomic mass is 35.5. The van der Waals surface area contributed by atoms with Crippen molar-refractivity contribution < 1.29 is 26.0 Å². The lowest BCUT2D eigenvalue weighted by atomic mass is 10.1. The van der Waals surface area contributed by atoms with E-state index < -0.39 is 31.3 Å². The number of carbonyl (C=O) groups excluding carboxylic acids is 1. The maximum Gasteiger partial charge on any atom is 0.322 e. The zero-order valence-corrected chi connectivity index (χ0v) is 18.7. The largest absolute Gasteiger partial charge is 0.407 e. The first-order valence-electron chi connectivity index (χ1n) is 8.92. The van der Waals surface area contributed by atoms with Gasteiger partial charge in [-0.15, -0.1) is 5.10 Å². The van der Waals surface area contributed by atoms with E-state index in [0.717, 1.165) is 11.8 Å². The van der Waals surface area contributed by atoms with E-state index in [1.165, 1.54) is 36.4 Å². The van der Waals surface area contributed by atoms with Gasteiger partial charge in [-0.1, -0.05) is 28.8 Å². The summed E-state index contributed by atoms with van der Waals surface area (Å²) in [4.78, 5) is 12.3. The molecule has 31 heavy (non-hydrogen) atoms. The lowest BCUT2D eigenvalue weighted by molar-refractivity contribution is -0.116. The van der Waals surface area contributed by atoms with E-state index in [1.807, 2.05) is 0 Å². The second-order valence-corrected chi connectivity index (χ2v) is 11.2. The molecule has 0 saturated heterocycles. The Kier molecular flexibility index (Phi) is 6.77. The SMILES string of the molecule is CS(=O)(=O)c1ccc(Cc2nnc(NC(=O)CCS(=O)(=O)c3ccc(Cl)cc3)o2)cc1. The molecule has 0 atom stereocenters. The number of aromatic nitrogens is 2. The molecular formula is C19H18ClN3O6S2. The summed E-state index contributed by atoms with van der Waals surface area (Å²) in [5, 5.41) is 10.3. The lowest BCUT2D eigenvalue weighted by Crippen LogP contribution is -2.17. The Labute approximate surface area is 184 Å². The van der Waals surface area contributed by atoms with Gasteiger partial charge in [-0.3, -0.25) is 10.1 Å². The number of rotatable bonds is 8. The van der Waals surface area contributed by atoms with Crippen molar-refractivity contribution in [2.75, 3.05) is 17.3 Å². The van der Waals surface area contributed by atoms with Crippen molar-refractivity contribution in [3.05, 3.63) is 65.0 Å². The van der Waals surface area contributed by atoms with Crippen LogP contribution in [0.5, 0.6) is 0 Å². The van der Waals surface area contributed by atoms with Crippen molar-refractivity contribution in [2.45, 2.75) is 22.6 Å². The van der Waals surface area contributed by atoms with Gasteiger partial charge in [-0.2, -0.15) is 0 Å². The predicted octanol–water partition coefficient (Wildman–Crippen LogP) is 2.52. The monoisotopic (exact) mass is 483 g/mol. The van der Waals surface area contributed by atoms with Crippen molar-refractivity contribution in [2.24, 2.45) is 0 Å². The van der Waals surface area contributed by atoms with Crippen molar-refractivity contribution in [3.8, 4) is 0 Å². The molecular weight excluding hydrogens is 466 g/mol. The van der Waals surface area contributed by atoms with Crippen molar-refractivity contribution in [1.29, 1.82) is 0 Å². The molecule has 2 aromatic carbocycles. The number of anilines is 1. The summed E-state index contributed by atoms with van der Waals surface area (Å²) in [6.45, 7) is 0. The van der Waals surface area contributed by atoms with Gasteiger partial charge in [0.1, 0.15) is 0 Å². The number of halogens is 1. The fourth-order valence-electron chi connectivity index (χ4n) is 2.57. The maximum absolute atomic E-state index is 12.3. The van der Waals surface area contributed by atoms with Gasteiger partial charge in [-0.25, -0.2) is 16.8 Å².